The fraction of sp³-hybridized carbons (Fsp3) is 0.643. The molecule has 0 spiro atoms. The molecule has 2 heterocycles. The number of ether oxygens (including phenoxy) is 1. The summed E-state index contributed by atoms with van der Waals surface area (Å²) in [6.45, 7) is 7.86. The summed E-state index contributed by atoms with van der Waals surface area (Å²) in [6, 6.07) is 0. The van der Waals surface area contributed by atoms with Crippen LogP contribution in [-0.4, -0.2) is 43.2 Å². The first-order valence-corrected chi connectivity index (χ1v) is 7.88. The molecular weight excluding hydrogens is 272 g/mol. The first-order chi connectivity index (χ1) is 9.67. The average Bonchev–Trinajstić information content (AvgIpc) is 2.97. The zero-order chi connectivity index (χ0) is 14.5. The molecule has 0 atom stereocenters. The molecule has 0 aromatic carbocycles. The van der Waals surface area contributed by atoms with Crippen molar-refractivity contribution in [1.82, 2.24) is 14.7 Å². The lowest BCUT2D eigenvalue weighted by atomic mass is 10.2. The number of anilines is 1. The van der Waals surface area contributed by atoms with Gasteiger partial charge in [-0.05, 0) is 13.0 Å². The predicted octanol–water partition coefficient (Wildman–Crippen LogP) is 2.22. The van der Waals surface area contributed by atoms with Crippen LogP contribution in [0.2, 0.25) is 0 Å². The van der Waals surface area contributed by atoms with Gasteiger partial charge in [0, 0.05) is 38.3 Å². The van der Waals surface area contributed by atoms with Crippen LogP contribution in [0.5, 0.6) is 0 Å². The molecule has 20 heavy (non-hydrogen) atoms. The third-order valence-electron chi connectivity index (χ3n) is 3.13. The van der Waals surface area contributed by atoms with Gasteiger partial charge in [-0.3, -0.25) is 4.40 Å². The van der Waals surface area contributed by atoms with Crippen LogP contribution < -0.4 is 10.2 Å². The number of fused-ring (bicyclic) bond motifs is 1. The minimum atomic E-state index is 0.592. The number of nitrogens with one attached hydrogen (secondary N) is 1. The summed E-state index contributed by atoms with van der Waals surface area (Å²) < 4.78 is 7.42. The van der Waals surface area contributed by atoms with E-state index in [0.717, 1.165) is 37.0 Å². The van der Waals surface area contributed by atoms with Crippen molar-refractivity contribution >= 4 is 22.1 Å². The Labute approximate surface area is 124 Å². The maximum absolute atomic E-state index is 5.24. The van der Waals surface area contributed by atoms with Crippen LogP contribution in [0.15, 0.2) is 11.6 Å². The number of methoxy groups -OCH3 is 1. The Kier molecular flexibility index (Phi) is 5.39. The van der Waals surface area contributed by atoms with Crippen LogP contribution in [0, 0.1) is 5.92 Å². The number of imidazole rings is 1. The second-order valence-corrected chi connectivity index (χ2v) is 6.17. The highest BCUT2D eigenvalue weighted by Gasteiger charge is 2.19. The lowest BCUT2D eigenvalue weighted by Gasteiger charge is -2.25. The zero-order valence-electron chi connectivity index (χ0n) is 12.7. The largest absolute Gasteiger partial charge is 0.383 e. The number of nitrogens with zero attached hydrogens (tertiary/aromatic N) is 3. The topological polar surface area (TPSA) is 41.8 Å². The van der Waals surface area contributed by atoms with Gasteiger partial charge in [0.25, 0.3) is 0 Å². The van der Waals surface area contributed by atoms with E-state index in [1.54, 1.807) is 18.4 Å². The van der Waals surface area contributed by atoms with Gasteiger partial charge in [-0.25, -0.2) is 4.98 Å². The molecule has 0 bridgehead atoms. The normalized spacial score (nSPS) is 11.7. The van der Waals surface area contributed by atoms with Crippen LogP contribution in [0.25, 0.3) is 4.96 Å². The number of hydrogen-bond donors (Lipinski definition) is 1. The van der Waals surface area contributed by atoms with Crippen molar-refractivity contribution in [3.8, 4) is 0 Å². The summed E-state index contributed by atoms with van der Waals surface area (Å²) in [5.74, 6) is 1.67. The summed E-state index contributed by atoms with van der Waals surface area (Å²) in [7, 11) is 3.71. The SMILES string of the molecule is CNCc1c(N(CCOC)CC(C)C)nc2sccn12. The van der Waals surface area contributed by atoms with Crippen molar-refractivity contribution in [1.29, 1.82) is 0 Å². The molecule has 0 radical (unpaired) electrons. The van der Waals surface area contributed by atoms with Gasteiger partial charge in [0.1, 0.15) is 0 Å². The van der Waals surface area contributed by atoms with Gasteiger partial charge in [0.15, 0.2) is 10.8 Å². The van der Waals surface area contributed by atoms with Crippen molar-refractivity contribution in [2.75, 3.05) is 38.8 Å². The highest BCUT2D eigenvalue weighted by atomic mass is 32.1. The van der Waals surface area contributed by atoms with E-state index >= 15 is 0 Å². The Morgan fingerprint density at radius 1 is 1.50 bits per heavy atom. The molecule has 0 saturated carbocycles. The highest BCUT2D eigenvalue weighted by Crippen LogP contribution is 2.25. The molecule has 0 aliphatic rings. The van der Waals surface area contributed by atoms with Gasteiger partial charge in [-0.2, -0.15) is 0 Å². The smallest absolute Gasteiger partial charge is 0.195 e. The molecule has 6 heteroatoms. The van der Waals surface area contributed by atoms with Crippen molar-refractivity contribution in [2.45, 2.75) is 20.4 Å². The van der Waals surface area contributed by atoms with Crippen LogP contribution in [0.4, 0.5) is 5.82 Å². The Hall–Kier alpha value is -1.11. The van der Waals surface area contributed by atoms with E-state index in [1.807, 2.05) is 7.05 Å². The quantitative estimate of drug-likeness (QED) is 0.811. The van der Waals surface area contributed by atoms with Crippen LogP contribution in [-0.2, 0) is 11.3 Å². The van der Waals surface area contributed by atoms with Crippen molar-refractivity contribution in [2.24, 2.45) is 5.92 Å². The summed E-state index contributed by atoms with van der Waals surface area (Å²) >= 11 is 1.67. The van der Waals surface area contributed by atoms with Gasteiger partial charge in [0.05, 0.1) is 12.3 Å². The van der Waals surface area contributed by atoms with Crippen molar-refractivity contribution in [3.63, 3.8) is 0 Å². The van der Waals surface area contributed by atoms with Gasteiger partial charge in [0.2, 0.25) is 0 Å². The average molecular weight is 296 g/mol. The summed E-state index contributed by atoms with van der Waals surface area (Å²) in [6.07, 6.45) is 2.09. The second-order valence-electron chi connectivity index (χ2n) is 5.30. The number of aromatic nitrogens is 2. The molecule has 0 aliphatic heterocycles. The Bertz CT molecular complexity index is 534. The Balaban J connectivity index is 2.34. The lowest BCUT2D eigenvalue weighted by molar-refractivity contribution is 0.204. The van der Waals surface area contributed by atoms with Gasteiger partial charge >= 0.3 is 0 Å². The maximum Gasteiger partial charge on any atom is 0.195 e. The molecule has 0 amide bonds. The van der Waals surface area contributed by atoms with Crippen LogP contribution in [0.1, 0.15) is 19.5 Å². The monoisotopic (exact) mass is 296 g/mol. The fourth-order valence-corrected chi connectivity index (χ4v) is 3.06. The van der Waals surface area contributed by atoms with Crippen LogP contribution >= 0.6 is 11.3 Å². The van der Waals surface area contributed by atoms with Gasteiger partial charge < -0.3 is 15.0 Å². The van der Waals surface area contributed by atoms with Gasteiger partial charge in [-0.15, -0.1) is 11.3 Å². The van der Waals surface area contributed by atoms with E-state index in [4.69, 9.17) is 9.72 Å². The summed E-state index contributed by atoms with van der Waals surface area (Å²) in [5, 5.41) is 5.32. The summed E-state index contributed by atoms with van der Waals surface area (Å²) in [4.78, 5) is 8.20. The number of hydrogen-bond acceptors (Lipinski definition) is 5. The second kappa shape index (κ2) is 7.06. The molecule has 0 aliphatic carbocycles. The van der Waals surface area contributed by atoms with E-state index in [-0.39, 0.29) is 0 Å². The lowest BCUT2D eigenvalue weighted by Crippen LogP contribution is -2.32. The fourth-order valence-electron chi connectivity index (χ4n) is 2.33. The number of rotatable bonds is 8. The van der Waals surface area contributed by atoms with Crippen molar-refractivity contribution < 1.29 is 4.74 Å². The standard InChI is InChI=1S/C14H24N4OS/c1-11(2)10-17(5-7-19-4)13-12(9-15-3)18-6-8-20-14(18)16-13/h6,8,11,15H,5,7,9-10H2,1-4H3. The van der Waals surface area contributed by atoms with E-state index < -0.39 is 0 Å². The molecule has 2 aromatic heterocycles. The molecule has 0 fully saturated rings. The molecule has 112 valence electrons. The zero-order valence-corrected chi connectivity index (χ0v) is 13.5. The minimum absolute atomic E-state index is 0.592. The molecule has 2 aromatic rings. The van der Waals surface area contributed by atoms with Gasteiger partial charge in [-0.1, -0.05) is 13.8 Å². The maximum atomic E-state index is 5.24. The third-order valence-corrected chi connectivity index (χ3v) is 3.89. The molecule has 2 rings (SSSR count). The predicted molar refractivity (Wildman–Crippen MR) is 84.8 cm³/mol. The van der Waals surface area contributed by atoms with E-state index in [9.17, 15) is 0 Å². The Morgan fingerprint density at radius 3 is 2.95 bits per heavy atom. The number of thiazole rings is 1. The Morgan fingerprint density at radius 2 is 2.30 bits per heavy atom. The minimum Gasteiger partial charge on any atom is -0.383 e. The molecule has 5 nitrogen and oxygen atoms in total. The molecule has 0 saturated heterocycles. The summed E-state index contributed by atoms with van der Waals surface area (Å²) in [5.41, 5.74) is 1.22. The molecule has 1 N–H and O–H groups in total. The molecule has 0 unspecified atom stereocenters. The van der Waals surface area contributed by atoms with E-state index in [1.165, 1.54) is 5.69 Å². The third kappa shape index (κ3) is 3.31. The van der Waals surface area contributed by atoms with Crippen molar-refractivity contribution in [3.05, 3.63) is 17.3 Å². The first-order valence-electron chi connectivity index (χ1n) is 7.00. The van der Waals surface area contributed by atoms with Crippen LogP contribution in [0.3, 0.4) is 0 Å². The molecular formula is C14H24N4OS. The van der Waals surface area contributed by atoms with E-state index in [0.29, 0.717) is 5.92 Å². The van der Waals surface area contributed by atoms with E-state index in [2.05, 4.69) is 40.0 Å². The highest BCUT2D eigenvalue weighted by molar-refractivity contribution is 7.15. The first kappa shape index (κ1) is 15.3.